The van der Waals surface area contributed by atoms with Crippen LogP contribution < -0.4 is 5.73 Å². The van der Waals surface area contributed by atoms with Gasteiger partial charge in [-0.2, -0.15) is 0 Å². The normalized spacial score (nSPS) is 11.9. The van der Waals surface area contributed by atoms with Gasteiger partial charge >= 0.3 is 0 Å². The van der Waals surface area contributed by atoms with Gasteiger partial charge in [0.15, 0.2) is 5.82 Å². The monoisotopic (exact) mass is 272 g/mol. The largest absolute Gasteiger partial charge is 0.381 e. The first-order valence-electron chi connectivity index (χ1n) is 6.96. The Labute approximate surface area is 121 Å². The molecule has 108 valence electrons. The summed E-state index contributed by atoms with van der Waals surface area (Å²) in [6, 6.07) is 4.42. The van der Waals surface area contributed by atoms with Crippen LogP contribution in [0.1, 0.15) is 48.7 Å². The molecule has 4 nitrogen and oxygen atoms in total. The summed E-state index contributed by atoms with van der Waals surface area (Å²) in [5.41, 5.74) is 12.1. The zero-order valence-electron chi connectivity index (χ0n) is 13.3. The maximum Gasteiger partial charge on any atom is 0.169 e. The van der Waals surface area contributed by atoms with Gasteiger partial charge in [-0.1, -0.05) is 43.7 Å². The minimum atomic E-state index is -0.0694. The zero-order valence-corrected chi connectivity index (χ0v) is 13.3. The van der Waals surface area contributed by atoms with Gasteiger partial charge in [-0.15, -0.1) is 5.10 Å². The molecule has 0 bridgehead atoms. The fourth-order valence-corrected chi connectivity index (χ4v) is 2.82. The standard InChI is InChI=1S/C16H24N4/c1-10-7-11(2)13(12(3)8-10)9-20-14(16(4,5)6)15(17)18-19-20/h7-8H,9,17H2,1-6H3. The van der Waals surface area contributed by atoms with E-state index in [1.807, 2.05) is 4.68 Å². The summed E-state index contributed by atoms with van der Waals surface area (Å²) < 4.78 is 1.93. The topological polar surface area (TPSA) is 56.7 Å². The number of hydrogen-bond donors (Lipinski definition) is 1. The first-order chi connectivity index (χ1) is 9.20. The smallest absolute Gasteiger partial charge is 0.169 e. The highest BCUT2D eigenvalue weighted by atomic mass is 15.4. The summed E-state index contributed by atoms with van der Waals surface area (Å²) in [7, 11) is 0. The second kappa shape index (κ2) is 4.93. The highest BCUT2D eigenvalue weighted by Gasteiger charge is 2.24. The maximum absolute atomic E-state index is 5.99. The Morgan fingerprint density at radius 2 is 1.65 bits per heavy atom. The van der Waals surface area contributed by atoms with Gasteiger partial charge in [-0.3, -0.25) is 0 Å². The van der Waals surface area contributed by atoms with Crippen molar-refractivity contribution in [1.82, 2.24) is 15.0 Å². The van der Waals surface area contributed by atoms with Gasteiger partial charge in [0.25, 0.3) is 0 Å². The number of nitrogen functional groups attached to an aromatic ring is 1. The van der Waals surface area contributed by atoms with Crippen LogP contribution in [0, 0.1) is 20.8 Å². The van der Waals surface area contributed by atoms with E-state index in [2.05, 4.69) is 64.0 Å². The van der Waals surface area contributed by atoms with Gasteiger partial charge in [-0.05, 0) is 37.5 Å². The number of hydrogen-bond acceptors (Lipinski definition) is 3. The third-order valence-electron chi connectivity index (χ3n) is 3.62. The van der Waals surface area contributed by atoms with Crippen LogP contribution in [0.25, 0.3) is 0 Å². The molecule has 0 radical (unpaired) electrons. The van der Waals surface area contributed by atoms with E-state index in [9.17, 15) is 0 Å². The van der Waals surface area contributed by atoms with E-state index in [-0.39, 0.29) is 5.41 Å². The molecule has 1 aromatic heterocycles. The van der Waals surface area contributed by atoms with E-state index in [1.54, 1.807) is 0 Å². The van der Waals surface area contributed by atoms with Crippen LogP contribution in [0.15, 0.2) is 12.1 Å². The molecule has 4 heteroatoms. The molecule has 2 rings (SSSR count). The molecule has 2 N–H and O–H groups in total. The van der Waals surface area contributed by atoms with Crippen molar-refractivity contribution in [3.05, 3.63) is 40.1 Å². The van der Waals surface area contributed by atoms with Crippen molar-refractivity contribution in [3.63, 3.8) is 0 Å². The average Bonchev–Trinajstić information content (AvgIpc) is 2.64. The Bertz CT molecular complexity index is 609. The summed E-state index contributed by atoms with van der Waals surface area (Å²) in [5, 5.41) is 8.27. The van der Waals surface area contributed by atoms with Crippen molar-refractivity contribution >= 4 is 5.82 Å². The predicted octanol–water partition coefficient (Wildman–Crippen LogP) is 3.13. The van der Waals surface area contributed by atoms with Gasteiger partial charge in [0.2, 0.25) is 0 Å². The third-order valence-corrected chi connectivity index (χ3v) is 3.62. The van der Waals surface area contributed by atoms with Crippen molar-refractivity contribution in [2.24, 2.45) is 0 Å². The molecule has 1 heterocycles. The predicted molar refractivity (Wildman–Crippen MR) is 82.9 cm³/mol. The van der Waals surface area contributed by atoms with Crippen LogP contribution in [0.4, 0.5) is 5.82 Å². The van der Waals surface area contributed by atoms with Crippen LogP contribution in [0.2, 0.25) is 0 Å². The first-order valence-corrected chi connectivity index (χ1v) is 6.96. The molecule has 20 heavy (non-hydrogen) atoms. The lowest BCUT2D eigenvalue weighted by Gasteiger charge is -2.21. The van der Waals surface area contributed by atoms with Crippen molar-refractivity contribution in [3.8, 4) is 0 Å². The molecule has 0 amide bonds. The molecule has 0 aliphatic rings. The Morgan fingerprint density at radius 1 is 1.10 bits per heavy atom. The number of aromatic nitrogens is 3. The second-order valence-electron chi connectivity index (χ2n) is 6.61. The lowest BCUT2D eigenvalue weighted by atomic mass is 9.91. The molecule has 0 saturated heterocycles. The summed E-state index contributed by atoms with van der Waals surface area (Å²) in [6.07, 6.45) is 0. The van der Waals surface area contributed by atoms with E-state index < -0.39 is 0 Å². The molecule has 0 aliphatic carbocycles. The van der Waals surface area contributed by atoms with Crippen molar-refractivity contribution in [1.29, 1.82) is 0 Å². The first kappa shape index (κ1) is 14.6. The molecule has 0 spiro atoms. The van der Waals surface area contributed by atoms with Crippen LogP contribution >= 0.6 is 0 Å². The van der Waals surface area contributed by atoms with Gasteiger partial charge in [-0.25, -0.2) is 4.68 Å². The Morgan fingerprint density at radius 3 is 2.15 bits per heavy atom. The SMILES string of the molecule is Cc1cc(C)c(Cn2nnc(N)c2C(C)(C)C)c(C)c1. The van der Waals surface area contributed by atoms with Crippen LogP contribution in [0.5, 0.6) is 0 Å². The van der Waals surface area contributed by atoms with Gasteiger partial charge < -0.3 is 5.73 Å². The number of rotatable bonds is 2. The van der Waals surface area contributed by atoms with E-state index >= 15 is 0 Å². The van der Waals surface area contributed by atoms with Crippen molar-refractivity contribution in [2.75, 3.05) is 5.73 Å². The van der Waals surface area contributed by atoms with Crippen LogP contribution in [-0.2, 0) is 12.0 Å². The highest BCUT2D eigenvalue weighted by molar-refractivity contribution is 5.41. The van der Waals surface area contributed by atoms with Crippen LogP contribution in [-0.4, -0.2) is 15.0 Å². The Balaban J connectivity index is 2.47. The van der Waals surface area contributed by atoms with Crippen molar-refractivity contribution < 1.29 is 0 Å². The number of benzene rings is 1. The number of nitrogens with zero attached hydrogens (tertiary/aromatic N) is 3. The Kier molecular flexibility index (Phi) is 3.59. The molecule has 2 aromatic rings. The van der Waals surface area contributed by atoms with E-state index in [4.69, 9.17) is 5.73 Å². The summed E-state index contributed by atoms with van der Waals surface area (Å²) in [5.74, 6) is 0.528. The molecular weight excluding hydrogens is 248 g/mol. The fraction of sp³-hybridized carbons (Fsp3) is 0.500. The van der Waals surface area contributed by atoms with E-state index in [0.717, 1.165) is 12.2 Å². The Hall–Kier alpha value is -1.84. The number of anilines is 1. The highest BCUT2D eigenvalue weighted by Crippen LogP contribution is 2.27. The number of nitrogens with two attached hydrogens (primary N) is 1. The zero-order chi connectivity index (χ0) is 15.1. The number of aryl methyl sites for hydroxylation is 3. The van der Waals surface area contributed by atoms with E-state index in [1.165, 1.54) is 22.3 Å². The minimum absolute atomic E-state index is 0.0694. The molecule has 1 aromatic carbocycles. The lowest BCUT2D eigenvalue weighted by Crippen LogP contribution is -2.21. The quantitative estimate of drug-likeness (QED) is 0.913. The van der Waals surface area contributed by atoms with Crippen LogP contribution in [0.3, 0.4) is 0 Å². The fourth-order valence-electron chi connectivity index (χ4n) is 2.82. The summed E-state index contributed by atoms with van der Waals surface area (Å²) in [4.78, 5) is 0. The molecule has 0 atom stereocenters. The molecule has 0 unspecified atom stereocenters. The van der Waals surface area contributed by atoms with Crippen molar-refractivity contribution in [2.45, 2.75) is 53.5 Å². The van der Waals surface area contributed by atoms with Gasteiger partial charge in [0.1, 0.15) is 0 Å². The summed E-state index contributed by atoms with van der Waals surface area (Å²) >= 11 is 0. The van der Waals surface area contributed by atoms with E-state index in [0.29, 0.717) is 5.82 Å². The minimum Gasteiger partial charge on any atom is -0.381 e. The van der Waals surface area contributed by atoms with Gasteiger partial charge in [0.05, 0.1) is 12.2 Å². The molecule has 0 aliphatic heterocycles. The second-order valence-corrected chi connectivity index (χ2v) is 6.61. The molecular formula is C16H24N4. The van der Waals surface area contributed by atoms with Gasteiger partial charge in [0, 0.05) is 5.41 Å². The summed E-state index contributed by atoms with van der Waals surface area (Å²) in [6.45, 7) is 13.5. The lowest BCUT2D eigenvalue weighted by molar-refractivity contribution is 0.501. The average molecular weight is 272 g/mol. The third kappa shape index (κ3) is 2.69. The molecule has 0 fully saturated rings. The molecule has 0 saturated carbocycles. The maximum atomic E-state index is 5.99.